The van der Waals surface area contributed by atoms with Crippen molar-refractivity contribution < 1.29 is 0 Å². The third-order valence-corrected chi connectivity index (χ3v) is 3.33. The van der Waals surface area contributed by atoms with Crippen LogP contribution in [0.2, 0.25) is 0 Å². The number of hydrogen-bond donors (Lipinski definition) is 1. The first-order chi connectivity index (χ1) is 6.93. The molecule has 1 N–H and O–H groups in total. The Kier molecular flexibility index (Phi) is 1.95. The molecule has 0 aromatic heterocycles. The minimum Gasteiger partial charge on any atom is -0.369 e. The van der Waals surface area contributed by atoms with Crippen LogP contribution in [0.5, 0.6) is 0 Å². The molecule has 1 fully saturated rings. The summed E-state index contributed by atoms with van der Waals surface area (Å²) in [5, 5.41) is 3.62. The molecule has 1 aromatic rings. The zero-order valence-electron chi connectivity index (χ0n) is 8.37. The Hall–Kier alpha value is -1.02. The highest BCUT2D eigenvalue weighted by atomic mass is 15.3. The average molecular weight is 188 g/mol. The number of piperidine rings is 1. The van der Waals surface area contributed by atoms with Crippen molar-refractivity contribution in [1.29, 1.82) is 0 Å². The van der Waals surface area contributed by atoms with Gasteiger partial charge in [0.2, 0.25) is 0 Å². The molecule has 0 bridgehead atoms. The second kappa shape index (κ2) is 3.28. The van der Waals surface area contributed by atoms with Crippen LogP contribution in [0.25, 0.3) is 0 Å². The summed E-state index contributed by atoms with van der Waals surface area (Å²) in [5.74, 6) is 0. The predicted octanol–water partition coefficient (Wildman–Crippen LogP) is 2.42. The Morgan fingerprint density at radius 3 is 3.14 bits per heavy atom. The van der Waals surface area contributed by atoms with Gasteiger partial charge in [-0.25, -0.2) is 0 Å². The van der Waals surface area contributed by atoms with Gasteiger partial charge in [0.25, 0.3) is 0 Å². The van der Waals surface area contributed by atoms with E-state index in [9.17, 15) is 0 Å². The standard InChI is InChI=1S/C12H16N2/c1-2-6-11-10(5-1)9-14-8-4-3-7-12(14)13-11/h1-2,5-6,12-13H,3-4,7-9H2. The molecule has 74 valence electrons. The molecule has 0 saturated carbocycles. The first kappa shape index (κ1) is 8.30. The minimum atomic E-state index is 0.596. The van der Waals surface area contributed by atoms with Crippen LogP contribution in [0.15, 0.2) is 24.3 Å². The maximum absolute atomic E-state index is 3.62. The van der Waals surface area contributed by atoms with Gasteiger partial charge in [0.05, 0.1) is 6.17 Å². The van der Waals surface area contributed by atoms with Crippen LogP contribution >= 0.6 is 0 Å². The average Bonchev–Trinajstić information content (AvgIpc) is 2.26. The number of nitrogens with zero attached hydrogens (tertiary/aromatic N) is 1. The van der Waals surface area contributed by atoms with E-state index in [-0.39, 0.29) is 0 Å². The smallest absolute Gasteiger partial charge is 0.0796 e. The maximum Gasteiger partial charge on any atom is 0.0796 e. The molecule has 0 amide bonds. The number of anilines is 1. The zero-order valence-corrected chi connectivity index (χ0v) is 8.37. The van der Waals surface area contributed by atoms with Crippen LogP contribution in [0.1, 0.15) is 24.8 Å². The Labute approximate surface area is 84.9 Å². The molecule has 1 aromatic carbocycles. The largest absolute Gasteiger partial charge is 0.369 e. The van der Waals surface area contributed by atoms with E-state index in [2.05, 4.69) is 34.5 Å². The summed E-state index contributed by atoms with van der Waals surface area (Å²) in [5.41, 5.74) is 2.79. The fraction of sp³-hybridized carbons (Fsp3) is 0.500. The number of nitrogens with one attached hydrogen (secondary N) is 1. The van der Waals surface area contributed by atoms with Crippen LogP contribution < -0.4 is 5.32 Å². The number of fused-ring (bicyclic) bond motifs is 2. The molecule has 2 aliphatic heterocycles. The van der Waals surface area contributed by atoms with Gasteiger partial charge in [0, 0.05) is 18.8 Å². The van der Waals surface area contributed by atoms with Gasteiger partial charge >= 0.3 is 0 Å². The molecule has 2 nitrogen and oxygen atoms in total. The Morgan fingerprint density at radius 2 is 2.14 bits per heavy atom. The second-order valence-electron chi connectivity index (χ2n) is 4.28. The van der Waals surface area contributed by atoms with Crippen molar-refractivity contribution in [2.24, 2.45) is 0 Å². The number of benzene rings is 1. The molecule has 2 aliphatic rings. The van der Waals surface area contributed by atoms with Crippen molar-refractivity contribution >= 4 is 5.69 Å². The summed E-state index contributed by atoms with van der Waals surface area (Å²) in [6.07, 6.45) is 4.63. The second-order valence-corrected chi connectivity index (χ2v) is 4.28. The van der Waals surface area contributed by atoms with E-state index >= 15 is 0 Å². The highest BCUT2D eigenvalue weighted by Gasteiger charge is 2.26. The van der Waals surface area contributed by atoms with Crippen molar-refractivity contribution in [1.82, 2.24) is 4.90 Å². The number of para-hydroxylation sites is 1. The normalized spacial score (nSPS) is 26.1. The molecule has 3 rings (SSSR count). The molecule has 1 unspecified atom stereocenters. The van der Waals surface area contributed by atoms with Gasteiger partial charge in [0.1, 0.15) is 0 Å². The minimum absolute atomic E-state index is 0.596. The molecule has 2 heteroatoms. The molecule has 14 heavy (non-hydrogen) atoms. The Bertz CT molecular complexity index is 302. The molecule has 1 atom stereocenters. The highest BCUT2D eigenvalue weighted by Crippen LogP contribution is 2.29. The van der Waals surface area contributed by atoms with Gasteiger partial charge in [-0.05, 0) is 30.9 Å². The van der Waals surface area contributed by atoms with Gasteiger partial charge in [-0.2, -0.15) is 0 Å². The van der Waals surface area contributed by atoms with Crippen LogP contribution in [-0.4, -0.2) is 17.6 Å². The van der Waals surface area contributed by atoms with E-state index in [0.29, 0.717) is 6.17 Å². The lowest BCUT2D eigenvalue weighted by molar-refractivity contribution is 0.151. The topological polar surface area (TPSA) is 15.3 Å². The predicted molar refractivity (Wildman–Crippen MR) is 58.1 cm³/mol. The molecule has 0 aliphatic carbocycles. The SMILES string of the molecule is c1ccc2c(c1)CN1CCCCC1N2. The van der Waals surface area contributed by atoms with Crippen molar-refractivity contribution in [3.8, 4) is 0 Å². The molecular formula is C12H16N2. The van der Waals surface area contributed by atoms with Gasteiger partial charge in [0.15, 0.2) is 0 Å². The molecule has 2 heterocycles. The van der Waals surface area contributed by atoms with Crippen LogP contribution in [0.3, 0.4) is 0 Å². The van der Waals surface area contributed by atoms with E-state index in [1.165, 1.54) is 37.1 Å². The number of rotatable bonds is 0. The summed E-state index contributed by atoms with van der Waals surface area (Å²) in [6, 6.07) is 8.67. The first-order valence-electron chi connectivity index (χ1n) is 5.52. The van der Waals surface area contributed by atoms with E-state index < -0.39 is 0 Å². The Balaban J connectivity index is 1.91. The summed E-state index contributed by atoms with van der Waals surface area (Å²) >= 11 is 0. The Morgan fingerprint density at radius 1 is 1.21 bits per heavy atom. The lowest BCUT2D eigenvalue weighted by Gasteiger charge is -2.41. The summed E-state index contributed by atoms with van der Waals surface area (Å²) in [6.45, 7) is 2.39. The summed E-state index contributed by atoms with van der Waals surface area (Å²) in [7, 11) is 0. The van der Waals surface area contributed by atoms with Crippen molar-refractivity contribution in [3.63, 3.8) is 0 Å². The monoisotopic (exact) mass is 188 g/mol. The van der Waals surface area contributed by atoms with E-state index in [1.54, 1.807) is 0 Å². The van der Waals surface area contributed by atoms with Crippen molar-refractivity contribution in [2.75, 3.05) is 11.9 Å². The van der Waals surface area contributed by atoms with Gasteiger partial charge < -0.3 is 5.32 Å². The fourth-order valence-corrected chi connectivity index (χ4v) is 2.54. The molecule has 1 saturated heterocycles. The van der Waals surface area contributed by atoms with E-state index in [0.717, 1.165) is 6.54 Å². The molecular weight excluding hydrogens is 172 g/mol. The van der Waals surface area contributed by atoms with E-state index in [4.69, 9.17) is 0 Å². The van der Waals surface area contributed by atoms with Gasteiger partial charge in [-0.15, -0.1) is 0 Å². The summed E-state index contributed by atoms with van der Waals surface area (Å²) in [4.78, 5) is 2.56. The van der Waals surface area contributed by atoms with Gasteiger partial charge in [-0.1, -0.05) is 18.2 Å². The lowest BCUT2D eigenvalue weighted by atomic mass is 10.0. The van der Waals surface area contributed by atoms with Crippen LogP contribution in [0, 0.1) is 0 Å². The van der Waals surface area contributed by atoms with Gasteiger partial charge in [-0.3, -0.25) is 4.90 Å². The van der Waals surface area contributed by atoms with Crippen molar-refractivity contribution in [2.45, 2.75) is 32.0 Å². The summed E-state index contributed by atoms with van der Waals surface area (Å²) < 4.78 is 0. The van der Waals surface area contributed by atoms with E-state index in [1.807, 2.05) is 0 Å². The zero-order chi connectivity index (χ0) is 9.38. The van der Waals surface area contributed by atoms with Crippen molar-refractivity contribution in [3.05, 3.63) is 29.8 Å². The van der Waals surface area contributed by atoms with Crippen LogP contribution in [-0.2, 0) is 6.54 Å². The number of hydrogen-bond acceptors (Lipinski definition) is 2. The molecule has 0 radical (unpaired) electrons. The quantitative estimate of drug-likeness (QED) is 0.672. The maximum atomic E-state index is 3.62. The van der Waals surface area contributed by atoms with Crippen LogP contribution in [0.4, 0.5) is 5.69 Å². The third-order valence-electron chi connectivity index (χ3n) is 3.33. The molecule has 0 spiro atoms. The first-order valence-corrected chi connectivity index (χ1v) is 5.52. The fourth-order valence-electron chi connectivity index (χ4n) is 2.54. The lowest BCUT2D eigenvalue weighted by Crippen LogP contribution is -2.46. The highest BCUT2D eigenvalue weighted by molar-refractivity contribution is 5.53. The third kappa shape index (κ3) is 1.30.